The van der Waals surface area contributed by atoms with Crippen LogP contribution in [0.15, 0.2) is 83.8 Å². The van der Waals surface area contributed by atoms with Gasteiger partial charge in [0, 0.05) is 18.2 Å². The summed E-state index contributed by atoms with van der Waals surface area (Å²) in [5, 5.41) is 7.44. The molecule has 2 aromatic heterocycles. The van der Waals surface area contributed by atoms with Gasteiger partial charge in [-0.3, -0.25) is 14.2 Å². The molecule has 0 radical (unpaired) electrons. The standard InChI is InChI=1S/C26H24N4O/c1-17-8-7-11-21(14-17)25-22(16-27-28-25)20-12-13-23-24(15-20)29(3)26(31)30(23)18(2)19-9-5-4-6-10-19/h4-16,18H,1-3H3,(H,27,28). The van der Waals surface area contributed by atoms with Crippen LogP contribution in [0, 0.1) is 6.92 Å². The number of rotatable bonds is 4. The lowest BCUT2D eigenvalue weighted by atomic mass is 10.00. The van der Waals surface area contributed by atoms with Crippen LogP contribution >= 0.6 is 0 Å². The van der Waals surface area contributed by atoms with Gasteiger partial charge in [-0.15, -0.1) is 0 Å². The van der Waals surface area contributed by atoms with Crippen molar-refractivity contribution in [2.45, 2.75) is 19.9 Å². The Hall–Kier alpha value is -3.86. The van der Waals surface area contributed by atoms with E-state index in [0.29, 0.717) is 0 Å². The predicted molar refractivity (Wildman–Crippen MR) is 125 cm³/mol. The van der Waals surface area contributed by atoms with Crippen LogP contribution in [0.3, 0.4) is 0 Å². The highest BCUT2D eigenvalue weighted by molar-refractivity contribution is 5.87. The van der Waals surface area contributed by atoms with E-state index in [9.17, 15) is 4.79 Å². The minimum absolute atomic E-state index is 0.0189. The Bertz CT molecular complexity index is 1440. The number of aromatic nitrogens is 4. The Kier molecular flexibility index (Phi) is 4.59. The summed E-state index contributed by atoms with van der Waals surface area (Å²) in [6.07, 6.45) is 1.85. The van der Waals surface area contributed by atoms with Crippen molar-refractivity contribution in [3.05, 3.63) is 101 Å². The van der Waals surface area contributed by atoms with Crippen LogP contribution in [0.1, 0.15) is 24.1 Å². The molecule has 2 heterocycles. The van der Waals surface area contributed by atoms with Crippen molar-refractivity contribution in [1.82, 2.24) is 19.3 Å². The summed E-state index contributed by atoms with van der Waals surface area (Å²) in [7, 11) is 1.83. The zero-order valence-electron chi connectivity index (χ0n) is 17.8. The Labute approximate surface area is 180 Å². The second kappa shape index (κ2) is 7.43. The van der Waals surface area contributed by atoms with E-state index in [2.05, 4.69) is 66.5 Å². The summed E-state index contributed by atoms with van der Waals surface area (Å²) < 4.78 is 3.59. The first-order valence-electron chi connectivity index (χ1n) is 10.4. The van der Waals surface area contributed by atoms with Gasteiger partial charge in [-0.05, 0) is 43.2 Å². The van der Waals surface area contributed by atoms with Crippen molar-refractivity contribution in [3.63, 3.8) is 0 Å². The maximum Gasteiger partial charge on any atom is 0.329 e. The number of hydrogen-bond donors (Lipinski definition) is 1. The Balaban J connectivity index is 1.65. The number of H-pyrrole nitrogens is 1. The van der Waals surface area contributed by atoms with Gasteiger partial charge in [0.15, 0.2) is 0 Å². The third-order valence-corrected chi connectivity index (χ3v) is 6.02. The van der Waals surface area contributed by atoms with Crippen molar-refractivity contribution in [2.24, 2.45) is 7.05 Å². The van der Waals surface area contributed by atoms with Crippen LogP contribution in [-0.2, 0) is 7.05 Å². The molecule has 0 bridgehead atoms. The fraction of sp³-hybridized carbons (Fsp3) is 0.154. The van der Waals surface area contributed by atoms with Crippen LogP contribution in [0.2, 0.25) is 0 Å². The van der Waals surface area contributed by atoms with Gasteiger partial charge in [0.2, 0.25) is 0 Å². The summed E-state index contributed by atoms with van der Waals surface area (Å²) in [5.41, 5.74) is 8.23. The van der Waals surface area contributed by atoms with Crippen molar-refractivity contribution >= 4 is 11.0 Å². The highest BCUT2D eigenvalue weighted by atomic mass is 16.1. The van der Waals surface area contributed by atoms with Gasteiger partial charge in [0.05, 0.1) is 29.0 Å². The van der Waals surface area contributed by atoms with E-state index < -0.39 is 0 Å². The maximum atomic E-state index is 13.1. The maximum absolute atomic E-state index is 13.1. The Morgan fingerprint density at radius 1 is 0.903 bits per heavy atom. The van der Waals surface area contributed by atoms with Crippen molar-refractivity contribution in [1.29, 1.82) is 0 Å². The molecule has 1 atom stereocenters. The zero-order valence-corrected chi connectivity index (χ0v) is 17.8. The first-order chi connectivity index (χ1) is 15.0. The number of nitrogens with one attached hydrogen (secondary N) is 1. The number of fused-ring (bicyclic) bond motifs is 1. The molecule has 5 nitrogen and oxygen atoms in total. The van der Waals surface area contributed by atoms with Crippen LogP contribution in [0.5, 0.6) is 0 Å². The number of aryl methyl sites for hydroxylation is 2. The molecule has 31 heavy (non-hydrogen) atoms. The lowest BCUT2D eigenvalue weighted by molar-refractivity contribution is 0.617. The number of benzene rings is 3. The van der Waals surface area contributed by atoms with E-state index in [1.807, 2.05) is 48.1 Å². The largest absolute Gasteiger partial charge is 0.329 e. The van der Waals surface area contributed by atoms with Crippen LogP contribution < -0.4 is 5.69 Å². The lowest BCUT2D eigenvalue weighted by Crippen LogP contribution is -2.25. The Morgan fingerprint density at radius 2 is 1.71 bits per heavy atom. The van der Waals surface area contributed by atoms with Crippen LogP contribution in [0.4, 0.5) is 0 Å². The van der Waals surface area contributed by atoms with Crippen LogP contribution in [0.25, 0.3) is 33.4 Å². The number of imidazole rings is 1. The van der Waals surface area contributed by atoms with E-state index in [1.54, 1.807) is 4.57 Å². The van der Waals surface area contributed by atoms with Gasteiger partial charge in [-0.2, -0.15) is 5.10 Å². The quantitative estimate of drug-likeness (QED) is 0.438. The van der Waals surface area contributed by atoms with Gasteiger partial charge in [0.1, 0.15) is 0 Å². The monoisotopic (exact) mass is 408 g/mol. The molecule has 0 fully saturated rings. The topological polar surface area (TPSA) is 55.6 Å². The smallest absolute Gasteiger partial charge is 0.295 e. The molecule has 0 aliphatic carbocycles. The highest BCUT2D eigenvalue weighted by Crippen LogP contribution is 2.33. The third kappa shape index (κ3) is 3.19. The molecule has 3 aromatic carbocycles. The summed E-state index contributed by atoms with van der Waals surface area (Å²) in [4.78, 5) is 13.1. The molecule has 154 valence electrons. The molecular formula is C26H24N4O. The minimum Gasteiger partial charge on any atom is -0.295 e. The molecule has 0 saturated carbocycles. The van der Waals surface area contributed by atoms with Crippen molar-refractivity contribution in [3.8, 4) is 22.4 Å². The summed E-state index contributed by atoms with van der Waals surface area (Å²) in [6, 6.07) is 24.6. The number of nitrogens with zero attached hydrogens (tertiary/aromatic N) is 3. The van der Waals surface area contributed by atoms with E-state index >= 15 is 0 Å². The molecule has 5 aromatic rings. The van der Waals surface area contributed by atoms with Gasteiger partial charge >= 0.3 is 5.69 Å². The SMILES string of the molecule is Cc1cccc(-c2[nH]ncc2-c2ccc3c(c2)n(C)c(=O)n3C(C)c2ccccc2)c1. The second-order valence-electron chi connectivity index (χ2n) is 8.03. The van der Waals surface area contributed by atoms with Crippen molar-refractivity contribution < 1.29 is 0 Å². The molecular weight excluding hydrogens is 384 g/mol. The molecule has 0 aliphatic heterocycles. The van der Waals surface area contributed by atoms with Gasteiger partial charge < -0.3 is 0 Å². The second-order valence-corrected chi connectivity index (χ2v) is 8.03. The van der Waals surface area contributed by atoms with Gasteiger partial charge in [-0.1, -0.05) is 60.2 Å². The van der Waals surface area contributed by atoms with Gasteiger partial charge in [0.25, 0.3) is 0 Å². The number of hydrogen-bond acceptors (Lipinski definition) is 2. The minimum atomic E-state index is -0.0555. The fourth-order valence-corrected chi connectivity index (χ4v) is 4.31. The highest BCUT2D eigenvalue weighted by Gasteiger charge is 2.19. The average molecular weight is 409 g/mol. The van der Waals surface area contributed by atoms with E-state index in [0.717, 1.165) is 39.0 Å². The van der Waals surface area contributed by atoms with E-state index in [4.69, 9.17) is 0 Å². The molecule has 0 aliphatic rings. The number of aromatic amines is 1. The molecule has 1 unspecified atom stereocenters. The summed E-state index contributed by atoms with van der Waals surface area (Å²) in [5.74, 6) is 0. The molecule has 1 N–H and O–H groups in total. The molecule has 5 rings (SSSR count). The van der Waals surface area contributed by atoms with Gasteiger partial charge in [-0.25, -0.2) is 4.79 Å². The Morgan fingerprint density at radius 3 is 2.48 bits per heavy atom. The zero-order chi connectivity index (χ0) is 21.5. The lowest BCUT2D eigenvalue weighted by Gasteiger charge is -2.14. The van der Waals surface area contributed by atoms with Crippen LogP contribution in [-0.4, -0.2) is 19.3 Å². The molecule has 0 saturated heterocycles. The first-order valence-corrected chi connectivity index (χ1v) is 10.4. The third-order valence-electron chi connectivity index (χ3n) is 6.02. The average Bonchev–Trinajstić information content (AvgIpc) is 3.37. The van der Waals surface area contributed by atoms with E-state index in [-0.39, 0.29) is 11.7 Å². The molecule has 0 amide bonds. The normalized spacial score (nSPS) is 12.4. The van der Waals surface area contributed by atoms with Crippen molar-refractivity contribution in [2.75, 3.05) is 0 Å². The summed E-state index contributed by atoms with van der Waals surface area (Å²) in [6.45, 7) is 4.15. The predicted octanol–water partition coefficient (Wildman–Crippen LogP) is 5.31. The molecule has 0 spiro atoms. The van der Waals surface area contributed by atoms with E-state index in [1.165, 1.54) is 5.56 Å². The fourth-order valence-electron chi connectivity index (χ4n) is 4.31. The summed E-state index contributed by atoms with van der Waals surface area (Å²) >= 11 is 0. The first kappa shape index (κ1) is 19.1. The molecule has 5 heteroatoms.